The molecule has 0 N–H and O–H groups in total. The molecule has 0 saturated carbocycles. The van der Waals surface area contributed by atoms with E-state index in [-0.39, 0.29) is 5.78 Å². The number of ether oxygens (including phenoxy) is 1. The maximum Gasteiger partial charge on any atom is 0.153 e. The summed E-state index contributed by atoms with van der Waals surface area (Å²) in [5, 5.41) is 0. The Balaban J connectivity index is 1.87. The predicted octanol–water partition coefficient (Wildman–Crippen LogP) is 3.26. The molecular formula is C16H15NO2. The van der Waals surface area contributed by atoms with E-state index in [1.165, 1.54) is 0 Å². The van der Waals surface area contributed by atoms with Crippen molar-refractivity contribution in [2.75, 3.05) is 18.0 Å². The molecule has 3 rings (SSSR count). The quantitative estimate of drug-likeness (QED) is 0.841. The van der Waals surface area contributed by atoms with Crippen molar-refractivity contribution in [3.63, 3.8) is 0 Å². The Morgan fingerprint density at radius 3 is 2.42 bits per heavy atom. The van der Waals surface area contributed by atoms with E-state index in [0.717, 1.165) is 23.7 Å². The van der Waals surface area contributed by atoms with E-state index in [4.69, 9.17) is 4.74 Å². The third kappa shape index (κ3) is 2.60. The van der Waals surface area contributed by atoms with E-state index in [1.54, 1.807) is 0 Å². The molecule has 0 bridgehead atoms. The molecule has 2 aromatic carbocycles. The van der Waals surface area contributed by atoms with Crippen LogP contribution < -0.4 is 9.64 Å². The molecule has 1 aliphatic rings. The number of Topliss-reactive ketones (excluding diaryl/α,β-unsaturated/α-hetero) is 1. The lowest BCUT2D eigenvalue weighted by Gasteiger charge is -2.20. The Morgan fingerprint density at radius 1 is 0.947 bits per heavy atom. The van der Waals surface area contributed by atoms with Crippen LogP contribution in [0.25, 0.3) is 0 Å². The van der Waals surface area contributed by atoms with E-state index >= 15 is 0 Å². The van der Waals surface area contributed by atoms with Crippen LogP contribution in [-0.4, -0.2) is 18.9 Å². The summed E-state index contributed by atoms with van der Waals surface area (Å²) < 4.78 is 5.90. The largest absolute Gasteiger partial charge is 0.455 e. The first-order valence-electron chi connectivity index (χ1n) is 6.41. The summed E-state index contributed by atoms with van der Waals surface area (Å²) in [6.45, 7) is 1.25. The van der Waals surface area contributed by atoms with Gasteiger partial charge in [0.05, 0.1) is 12.2 Å². The van der Waals surface area contributed by atoms with Gasteiger partial charge in [-0.3, -0.25) is 4.79 Å². The molecule has 1 saturated heterocycles. The van der Waals surface area contributed by atoms with E-state index in [1.807, 2.05) is 54.6 Å². The van der Waals surface area contributed by atoms with Gasteiger partial charge in [-0.25, -0.2) is 0 Å². The zero-order chi connectivity index (χ0) is 13.1. The van der Waals surface area contributed by atoms with Gasteiger partial charge in [-0.2, -0.15) is 0 Å². The molecule has 0 amide bonds. The molecular weight excluding hydrogens is 238 g/mol. The SMILES string of the molecule is O=C1CCN(c2ccccc2Oc2ccccc2)C1. The molecule has 1 fully saturated rings. The summed E-state index contributed by atoms with van der Waals surface area (Å²) in [6, 6.07) is 17.5. The molecule has 0 aromatic heterocycles. The van der Waals surface area contributed by atoms with Crippen LogP contribution in [0.1, 0.15) is 6.42 Å². The first-order valence-corrected chi connectivity index (χ1v) is 6.41. The molecule has 0 unspecified atom stereocenters. The van der Waals surface area contributed by atoms with Crippen LogP contribution >= 0.6 is 0 Å². The second kappa shape index (κ2) is 5.14. The number of rotatable bonds is 3. The maximum absolute atomic E-state index is 11.4. The van der Waals surface area contributed by atoms with E-state index in [2.05, 4.69) is 4.90 Å². The average Bonchev–Trinajstić information content (AvgIpc) is 2.87. The zero-order valence-corrected chi connectivity index (χ0v) is 10.6. The second-order valence-corrected chi connectivity index (χ2v) is 4.59. The second-order valence-electron chi connectivity index (χ2n) is 4.59. The van der Waals surface area contributed by atoms with Crippen molar-refractivity contribution in [2.24, 2.45) is 0 Å². The van der Waals surface area contributed by atoms with Gasteiger partial charge < -0.3 is 9.64 Å². The Bertz CT molecular complexity index is 580. The van der Waals surface area contributed by atoms with Gasteiger partial charge in [0.1, 0.15) is 5.75 Å². The molecule has 3 nitrogen and oxygen atoms in total. The van der Waals surface area contributed by atoms with Crippen LogP contribution in [0.5, 0.6) is 11.5 Å². The molecule has 19 heavy (non-hydrogen) atoms. The molecule has 0 spiro atoms. The number of nitrogens with zero attached hydrogens (tertiary/aromatic N) is 1. The lowest BCUT2D eigenvalue weighted by atomic mass is 10.2. The minimum absolute atomic E-state index is 0.287. The Hall–Kier alpha value is -2.29. The van der Waals surface area contributed by atoms with E-state index in [0.29, 0.717) is 13.0 Å². The third-order valence-electron chi connectivity index (χ3n) is 3.20. The number of hydrogen-bond donors (Lipinski definition) is 0. The summed E-state index contributed by atoms with van der Waals surface area (Å²) in [5.74, 6) is 1.89. The monoisotopic (exact) mass is 253 g/mol. The van der Waals surface area contributed by atoms with Crippen molar-refractivity contribution in [3.05, 3.63) is 54.6 Å². The number of ketones is 1. The molecule has 0 aliphatic carbocycles. The van der Waals surface area contributed by atoms with Crippen molar-refractivity contribution >= 4 is 11.5 Å². The molecule has 0 atom stereocenters. The number of anilines is 1. The van der Waals surface area contributed by atoms with Gasteiger partial charge in [-0.1, -0.05) is 30.3 Å². The lowest BCUT2D eigenvalue weighted by Crippen LogP contribution is -2.19. The fourth-order valence-corrected chi connectivity index (χ4v) is 2.26. The molecule has 0 radical (unpaired) electrons. The van der Waals surface area contributed by atoms with Gasteiger partial charge in [0, 0.05) is 13.0 Å². The number of carbonyl (C=O) groups is 1. The average molecular weight is 253 g/mol. The summed E-state index contributed by atoms with van der Waals surface area (Å²) in [4.78, 5) is 13.5. The minimum atomic E-state index is 0.287. The van der Waals surface area contributed by atoms with E-state index < -0.39 is 0 Å². The Kier molecular flexibility index (Phi) is 3.19. The molecule has 1 aliphatic heterocycles. The van der Waals surface area contributed by atoms with Crippen molar-refractivity contribution < 1.29 is 9.53 Å². The fourth-order valence-electron chi connectivity index (χ4n) is 2.26. The first kappa shape index (κ1) is 11.8. The van der Waals surface area contributed by atoms with Crippen LogP contribution in [0, 0.1) is 0 Å². The normalized spacial score (nSPS) is 14.7. The fraction of sp³-hybridized carbons (Fsp3) is 0.188. The smallest absolute Gasteiger partial charge is 0.153 e. The molecule has 3 heteroatoms. The predicted molar refractivity (Wildman–Crippen MR) is 74.8 cm³/mol. The highest BCUT2D eigenvalue weighted by atomic mass is 16.5. The number of carbonyl (C=O) groups excluding carboxylic acids is 1. The number of benzene rings is 2. The Labute approximate surface area is 112 Å². The topological polar surface area (TPSA) is 29.5 Å². The molecule has 2 aromatic rings. The summed E-state index contributed by atoms with van der Waals surface area (Å²) in [7, 11) is 0. The lowest BCUT2D eigenvalue weighted by molar-refractivity contribution is -0.116. The summed E-state index contributed by atoms with van der Waals surface area (Å²) in [5.41, 5.74) is 0.984. The van der Waals surface area contributed by atoms with E-state index in [9.17, 15) is 4.79 Å². The van der Waals surface area contributed by atoms with Crippen molar-refractivity contribution in [1.29, 1.82) is 0 Å². The molecule has 1 heterocycles. The van der Waals surface area contributed by atoms with Gasteiger partial charge in [0.25, 0.3) is 0 Å². The standard InChI is InChI=1S/C16H15NO2/c18-13-10-11-17(12-13)15-8-4-5-9-16(15)19-14-6-2-1-3-7-14/h1-9H,10-12H2. The van der Waals surface area contributed by atoms with Crippen LogP contribution in [0.4, 0.5) is 5.69 Å². The van der Waals surface area contributed by atoms with Gasteiger partial charge >= 0.3 is 0 Å². The van der Waals surface area contributed by atoms with Crippen LogP contribution in [0.15, 0.2) is 54.6 Å². The molecule has 96 valence electrons. The van der Waals surface area contributed by atoms with Crippen molar-refractivity contribution in [2.45, 2.75) is 6.42 Å². The first-order chi connectivity index (χ1) is 9.33. The van der Waals surface area contributed by atoms with Crippen LogP contribution in [0.3, 0.4) is 0 Å². The van der Waals surface area contributed by atoms with Gasteiger partial charge in [0.15, 0.2) is 11.5 Å². The number of hydrogen-bond acceptors (Lipinski definition) is 3. The maximum atomic E-state index is 11.4. The number of para-hydroxylation sites is 3. The van der Waals surface area contributed by atoms with Crippen LogP contribution in [0.2, 0.25) is 0 Å². The van der Waals surface area contributed by atoms with Gasteiger partial charge in [-0.05, 0) is 24.3 Å². The Morgan fingerprint density at radius 2 is 1.68 bits per heavy atom. The summed E-state index contributed by atoms with van der Waals surface area (Å²) >= 11 is 0. The highest BCUT2D eigenvalue weighted by molar-refractivity contribution is 5.87. The highest BCUT2D eigenvalue weighted by Crippen LogP contribution is 2.33. The van der Waals surface area contributed by atoms with Crippen LogP contribution in [-0.2, 0) is 4.79 Å². The van der Waals surface area contributed by atoms with Gasteiger partial charge in [-0.15, -0.1) is 0 Å². The van der Waals surface area contributed by atoms with Gasteiger partial charge in [0.2, 0.25) is 0 Å². The minimum Gasteiger partial charge on any atom is -0.455 e. The zero-order valence-electron chi connectivity index (χ0n) is 10.6. The summed E-state index contributed by atoms with van der Waals surface area (Å²) in [6.07, 6.45) is 0.625. The van der Waals surface area contributed by atoms with Crippen molar-refractivity contribution in [3.8, 4) is 11.5 Å². The van der Waals surface area contributed by atoms with Crippen molar-refractivity contribution in [1.82, 2.24) is 0 Å². The third-order valence-corrected chi connectivity index (χ3v) is 3.20. The highest BCUT2D eigenvalue weighted by Gasteiger charge is 2.22.